The predicted molar refractivity (Wildman–Crippen MR) is 44.5 cm³/mol. The minimum atomic E-state index is -5.05. The number of hydrogen-bond acceptors (Lipinski definition) is 3. The maximum atomic E-state index is 12.4. The highest BCUT2D eigenvalue weighted by atomic mass is 19.4. The molecule has 1 aromatic heterocycles. The first-order chi connectivity index (χ1) is 7.39. The Balaban J connectivity index is 3.31. The maximum Gasteiger partial charge on any atom is 0.573 e. The lowest BCUT2D eigenvalue weighted by Gasteiger charge is -2.13. The second kappa shape index (κ2) is 4.52. The van der Waals surface area contributed by atoms with Crippen LogP contribution in [0.25, 0.3) is 0 Å². The summed E-state index contributed by atoms with van der Waals surface area (Å²) in [5, 5.41) is 8.73. The van der Waals surface area contributed by atoms with E-state index >= 15 is 0 Å². The van der Waals surface area contributed by atoms with Crippen molar-refractivity contribution in [2.45, 2.75) is 19.6 Å². The van der Waals surface area contributed by atoms with Crippen LogP contribution in [0.5, 0.6) is 5.75 Å². The average Bonchev–Trinajstić information content (AvgIpc) is 2.16. The summed E-state index contributed by atoms with van der Waals surface area (Å²) in [5.74, 6) is -0.985. The third kappa shape index (κ3) is 2.72. The van der Waals surface area contributed by atoms with Crippen molar-refractivity contribution < 1.29 is 27.4 Å². The molecule has 0 unspecified atom stereocenters. The minimum absolute atomic E-state index is 0.343. The molecule has 8 heteroatoms. The second-order valence-electron chi connectivity index (χ2n) is 2.79. The first-order valence-electron chi connectivity index (χ1n) is 4.05. The Morgan fingerprint density at radius 2 is 2.06 bits per heavy atom. The Bertz CT molecular complexity index is 426. The molecule has 1 aromatic rings. The minimum Gasteiger partial charge on any atom is -0.405 e. The van der Waals surface area contributed by atoms with Gasteiger partial charge in [0.1, 0.15) is 12.4 Å². The van der Waals surface area contributed by atoms with Gasteiger partial charge in [0, 0.05) is 11.8 Å². The Labute approximate surface area is 86.5 Å². The smallest absolute Gasteiger partial charge is 0.405 e. The number of aliphatic hydroxyl groups is 1. The van der Waals surface area contributed by atoms with Crippen molar-refractivity contribution in [1.29, 1.82) is 0 Å². The molecule has 0 aliphatic carbocycles. The fourth-order valence-electron chi connectivity index (χ4n) is 1.08. The molecule has 0 bridgehead atoms. The maximum absolute atomic E-state index is 12.4. The number of halogens is 4. The lowest BCUT2D eigenvalue weighted by molar-refractivity contribution is -0.275. The normalized spacial score (nSPS) is 11.6. The van der Waals surface area contributed by atoms with Crippen LogP contribution in [0, 0.1) is 0 Å². The summed E-state index contributed by atoms with van der Waals surface area (Å²) in [6, 6.07) is 0. The predicted octanol–water partition coefficient (Wildman–Crippen LogP) is 1.24. The van der Waals surface area contributed by atoms with Crippen molar-refractivity contribution in [3.63, 3.8) is 0 Å². The number of alkyl halides is 4. The zero-order valence-corrected chi connectivity index (χ0v) is 7.77. The first-order valence-corrected chi connectivity index (χ1v) is 4.05. The number of nitrogens with one attached hydrogen (secondary N) is 1. The molecular weight excluding hydrogens is 234 g/mol. The SMILES string of the molecule is O=c1[nH]cc(CO)c(OC(F)(F)F)c1CF. The number of H-pyrrole nitrogens is 1. The standard InChI is InChI=1S/C8H7F4NO3/c9-1-5-6(16-8(10,11)12)4(3-14)2-13-7(5)15/h2,14H,1,3H2,(H,13,15). The summed E-state index contributed by atoms with van der Waals surface area (Å²) < 4.78 is 51.8. The molecule has 0 aliphatic rings. The molecule has 1 heterocycles. The van der Waals surface area contributed by atoms with Gasteiger partial charge >= 0.3 is 6.36 Å². The van der Waals surface area contributed by atoms with Crippen LogP contribution in [-0.2, 0) is 13.3 Å². The van der Waals surface area contributed by atoms with E-state index in [0.717, 1.165) is 6.20 Å². The number of ether oxygens (including phenoxy) is 1. The van der Waals surface area contributed by atoms with E-state index in [0.29, 0.717) is 0 Å². The van der Waals surface area contributed by atoms with E-state index in [4.69, 9.17) is 5.11 Å². The third-order valence-electron chi connectivity index (χ3n) is 1.74. The van der Waals surface area contributed by atoms with Crippen molar-refractivity contribution in [1.82, 2.24) is 4.98 Å². The van der Waals surface area contributed by atoms with Crippen molar-refractivity contribution in [2.75, 3.05) is 0 Å². The number of hydrogen-bond donors (Lipinski definition) is 2. The van der Waals surface area contributed by atoms with Crippen molar-refractivity contribution in [2.24, 2.45) is 0 Å². The van der Waals surface area contributed by atoms with Gasteiger partial charge < -0.3 is 14.8 Å². The van der Waals surface area contributed by atoms with Crippen LogP contribution in [0.15, 0.2) is 11.0 Å². The van der Waals surface area contributed by atoms with Crippen molar-refractivity contribution in [3.05, 3.63) is 27.7 Å². The van der Waals surface area contributed by atoms with E-state index in [1.165, 1.54) is 0 Å². The van der Waals surface area contributed by atoms with Gasteiger partial charge in [-0.25, -0.2) is 4.39 Å². The monoisotopic (exact) mass is 241 g/mol. The van der Waals surface area contributed by atoms with Gasteiger partial charge in [0.05, 0.1) is 12.2 Å². The second-order valence-corrected chi connectivity index (χ2v) is 2.79. The fraction of sp³-hybridized carbons (Fsp3) is 0.375. The van der Waals surface area contributed by atoms with Crippen LogP contribution >= 0.6 is 0 Å². The fourth-order valence-corrected chi connectivity index (χ4v) is 1.08. The van der Waals surface area contributed by atoms with E-state index in [1.54, 1.807) is 0 Å². The molecule has 0 saturated carbocycles. The molecule has 0 fully saturated rings. The van der Waals surface area contributed by atoms with Gasteiger partial charge in [-0.3, -0.25) is 4.79 Å². The molecular formula is C8H7F4NO3. The molecule has 2 N–H and O–H groups in total. The molecule has 4 nitrogen and oxygen atoms in total. The quantitative estimate of drug-likeness (QED) is 0.782. The van der Waals surface area contributed by atoms with Crippen molar-refractivity contribution in [3.8, 4) is 5.75 Å². The molecule has 16 heavy (non-hydrogen) atoms. The number of pyridine rings is 1. The van der Waals surface area contributed by atoms with Gasteiger partial charge in [-0.05, 0) is 0 Å². The zero-order chi connectivity index (χ0) is 12.3. The van der Waals surface area contributed by atoms with Crippen LogP contribution in [0.1, 0.15) is 11.1 Å². The summed E-state index contributed by atoms with van der Waals surface area (Å²) in [7, 11) is 0. The highest BCUT2D eigenvalue weighted by Crippen LogP contribution is 2.28. The summed E-state index contributed by atoms with van der Waals surface area (Å²) in [6.45, 7) is -2.23. The Morgan fingerprint density at radius 3 is 2.50 bits per heavy atom. The Morgan fingerprint density at radius 1 is 1.44 bits per heavy atom. The highest BCUT2D eigenvalue weighted by molar-refractivity contribution is 5.38. The van der Waals surface area contributed by atoms with E-state index in [-0.39, 0.29) is 5.56 Å². The van der Waals surface area contributed by atoms with E-state index in [1.807, 2.05) is 4.98 Å². The third-order valence-corrected chi connectivity index (χ3v) is 1.74. The highest BCUT2D eigenvalue weighted by Gasteiger charge is 2.33. The summed E-state index contributed by atoms with van der Waals surface area (Å²) in [6.07, 6.45) is -4.22. The van der Waals surface area contributed by atoms with E-state index in [2.05, 4.69) is 4.74 Å². The number of rotatable bonds is 3. The van der Waals surface area contributed by atoms with E-state index in [9.17, 15) is 22.4 Å². The lowest BCUT2D eigenvalue weighted by atomic mass is 10.2. The summed E-state index contributed by atoms with van der Waals surface area (Å²) in [4.78, 5) is 13.0. The summed E-state index contributed by atoms with van der Waals surface area (Å²) >= 11 is 0. The van der Waals surface area contributed by atoms with Crippen LogP contribution in [0.2, 0.25) is 0 Å². The Hall–Kier alpha value is -1.57. The van der Waals surface area contributed by atoms with Gasteiger partial charge in [0.2, 0.25) is 0 Å². The summed E-state index contributed by atoms with van der Waals surface area (Å²) in [5.41, 5.74) is -2.17. The molecule has 0 aromatic carbocycles. The number of aromatic amines is 1. The van der Waals surface area contributed by atoms with Gasteiger partial charge in [-0.1, -0.05) is 0 Å². The molecule has 0 saturated heterocycles. The average molecular weight is 241 g/mol. The topological polar surface area (TPSA) is 62.3 Å². The molecule has 0 spiro atoms. The first kappa shape index (κ1) is 12.5. The Kier molecular flexibility index (Phi) is 3.53. The molecule has 1 rings (SSSR count). The molecule has 0 aliphatic heterocycles. The molecule has 90 valence electrons. The largest absolute Gasteiger partial charge is 0.573 e. The number of aromatic nitrogens is 1. The molecule has 0 atom stereocenters. The van der Waals surface area contributed by atoms with E-state index < -0.39 is 36.5 Å². The number of aliphatic hydroxyl groups excluding tert-OH is 1. The van der Waals surface area contributed by atoms with Crippen LogP contribution in [0.3, 0.4) is 0 Å². The zero-order valence-electron chi connectivity index (χ0n) is 7.77. The van der Waals surface area contributed by atoms with Crippen molar-refractivity contribution >= 4 is 0 Å². The van der Waals surface area contributed by atoms with Crippen LogP contribution in [0.4, 0.5) is 17.6 Å². The van der Waals surface area contributed by atoms with Gasteiger partial charge in [0.25, 0.3) is 5.56 Å². The van der Waals surface area contributed by atoms with Gasteiger partial charge in [-0.2, -0.15) is 0 Å². The molecule has 0 radical (unpaired) electrons. The van der Waals surface area contributed by atoms with Gasteiger partial charge in [-0.15, -0.1) is 13.2 Å². The van der Waals surface area contributed by atoms with Crippen LogP contribution < -0.4 is 10.3 Å². The van der Waals surface area contributed by atoms with Crippen LogP contribution in [-0.4, -0.2) is 16.5 Å². The molecule has 0 amide bonds. The van der Waals surface area contributed by atoms with Gasteiger partial charge in [0.15, 0.2) is 0 Å². The lowest BCUT2D eigenvalue weighted by Crippen LogP contribution is -2.23.